The molecule has 1 aliphatic rings. The highest BCUT2D eigenvalue weighted by Gasteiger charge is 2.28. The van der Waals surface area contributed by atoms with Gasteiger partial charge in [0, 0.05) is 11.3 Å². The van der Waals surface area contributed by atoms with Gasteiger partial charge in [-0.05, 0) is 37.7 Å². The summed E-state index contributed by atoms with van der Waals surface area (Å²) in [4.78, 5) is 16.2. The van der Waals surface area contributed by atoms with E-state index in [4.69, 9.17) is 4.74 Å². The number of pyridine rings is 1. The Balaban J connectivity index is 2.12. The van der Waals surface area contributed by atoms with Gasteiger partial charge in [-0.25, -0.2) is 0 Å². The largest absolute Gasteiger partial charge is 0.491 e. The average molecular weight is 317 g/mol. The van der Waals surface area contributed by atoms with Crippen LogP contribution in [0.2, 0.25) is 0 Å². The fourth-order valence-corrected chi connectivity index (χ4v) is 3.71. The molecule has 3 heteroatoms. The highest BCUT2D eigenvalue weighted by Crippen LogP contribution is 2.38. The first-order valence-corrected chi connectivity index (χ1v) is 9.09. The van der Waals surface area contributed by atoms with Crippen molar-refractivity contribution in [2.24, 2.45) is 0 Å². The molecule has 0 aliphatic heterocycles. The van der Waals surface area contributed by atoms with Gasteiger partial charge in [0.2, 0.25) is 5.43 Å². The van der Waals surface area contributed by atoms with Crippen molar-refractivity contribution in [3.05, 3.63) is 33.8 Å². The summed E-state index contributed by atoms with van der Waals surface area (Å²) >= 11 is 0. The lowest BCUT2D eigenvalue weighted by molar-refractivity contribution is 0.401. The molecule has 1 aromatic rings. The van der Waals surface area contributed by atoms with Crippen molar-refractivity contribution in [1.29, 1.82) is 0 Å². The third kappa shape index (κ3) is 4.07. The molecule has 0 saturated carbocycles. The van der Waals surface area contributed by atoms with E-state index in [9.17, 15) is 4.79 Å². The Morgan fingerprint density at radius 1 is 1.22 bits per heavy atom. The number of aromatic amines is 1. The molecule has 0 aromatic carbocycles. The Kier molecular flexibility index (Phi) is 6.49. The lowest BCUT2D eigenvalue weighted by Crippen LogP contribution is -2.23. The number of H-pyrrole nitrogens is 1. The summed E-state index contributed by atoms with van der Waals surface area (Å²) in [6.45, 7) is 8.28. The molecule has 1 heterocycles. The molecule has 0 unspecified atom stereocenters. The molecule has 0 bridgehead atoms. The van der Waals surface area contributed by atoms with Gasteiger partial charge >= 0.3 is 0 Å². The van der Waals surface area contributed by atoms with Crippen LogP contribution in [0.5, 0.6) is 5.75 Å². The average Bonchev–Trinajstić information content (AvgIpc) is 2.53. The number of aromatic nitrogens is 1. The smallest absolute Gasteiger partial charge is 0.227 e. The number of unbranched alkanes of at least 4 members (excludes halogenated alkanes) is 5. The van der Waals surface area contributed by atoms with Gasteiger partial charge in [-0.1, -0.05) is 52.0 Å². The fraction of sp³-hybridized carbons (Fsp3) is 0.650. The van der Waals surface area contributed by atoms with Crippen LogP contribution in [0.15, 0.2) is 11.4 Å². The maximum atomic E-state index is 12.8. The minimum atomic E-state index is 0.0654. The van der Waals surface area contributed by atoms with E-state index in [1.165, 1.54) is 38.5 Å². The molecule has 0 amide bonds. The summed E-state index contributed by atoms with van der Waals surface area (Å²) in [6.07, 6.45) is 10.9. The van der Waals surface area contributed by atoms with Crippen LogP contribution < -0.4 is 10.2 Å². The van der Waals surface area contributed by atoms with Crippen molar-refractivity contribution in [2.75, 3.05) is 7.11 Å². The van der Waals surface area contributed by atoms with Crippen molar-refractivity contribution < 1.29 is 4.74 Å². The van der Waals surface area contributed by atoms with Gasteiger partial charge in [-0.3, -0.25) is 4.79 Å². The van der Waals surface area contributed by atoms with Gasteiger partial charge in [0.05, 0.1) is 12.8 Å². The van der Waals surface area contributed by atoms with Gasteiger partial charge in [0.25, 0.3) is 0 Å². The molecule has 2 rings (SSSR count). The zero-order chi connectivity index (χ0) is 16.8. The zero-order valence-corrected chi connectivity index (χ0v) is 15.0. The molecular weight excluding hydrogens is 286 g/mol. The van der Waals surface area contributed by atoms with Crippen molar-refractivity contribution in [3.8, 4) is 5.75 Å². The van der Waals surface area contributed by atoms with Crippen LogP contribution in [0.25, 0.3) is 5.57 Å². The number of methoxy groups -OCH3 is 1. The summed E-state index contributed by atoms with van der Waals surface area (Å²) in [5.41, 5.74) is 3.81. The minimum absolute atomic E-state index is 0.0654. The number of fused-ring (bicyclic) bond motifs is 1. The highest BCUT2D eigenvalue weighted by molar-refractivity contribution is 5.67. The van der Waals surface area contributed by atoms with E-state index < -0.39 is 0 Å². The first-order chi connectivity index (χ1) is 11.1. The lowest BCUT2D eigenvalue weighted by Gasteiger charge is -2.27. The standard InChI is InChI=1S/C20H31NO2/c1-5-6-7-8-9-10-11-16-13-12-14(2)18-17(16)19(22)20(23-4)15(3)21-18/h16H,2,5-13H2,1,3-4H3,(H,21,22)/t16-/m0/s1. The Morgan fingerprint density at radius 3 is 2.61 bits per heavy atom. The van der Waals surface area contributed by atoms with E-state index in [1.807, 2.05) is 6.92 Å². The molecule has 0 radical (unpaired) electrons. The maximum absolute atomic E-state index is 12.8. The van der Waals surface area contributed by atoms with Crippen LogP contribution in [-0.2, 0) is 0 Å². The van der Waals surface area contributed by atoms with Crippen molar-refractivity contribution >= 4 is 5.57 Å². The Bertz CT molecular complexity index is 600. The number of ether oxygens (including phenoxy) is 1. The molecule has 1 atom stereocenters. The lowest BCUT2D eigenvalue weighted by atomic mass is 9.80. The monoisotopic (exact) mass is 317 g/mol. The molecular formula is C20H31NO2. The van der Waals surface area contributed by atoms with Crippen LogP contribution in [0.4, 0.5) is 0 Å². The molecule has 0 fully saturated rings. The quantitative estimate of drug-likeness (QED) is 0.658. The zero-order valence-electron chi connectivity index (χ0n) is 15.0. The van der Waals surface area contributed by atoms with Crippen LogP contribution in [0.1, 0.15) is 87.6 Å². The SMILES string of the molecule is C=C1CC[C@H](CCCCCCCC)c2c1[nH]c(C)c(OC)c2=O. The van der Waals surface area contributed by atoms with Crippen LogP contribution in [0, 0.1) is 6.92 Å². The molecule has 0 saturated heterocycles. The van der Waals surface area contributed by atoms with E-state index in [0.717, 1.165) is 41.8 Å². The molecule has 1 aromatic heterocycles. The second-order valence-corrected chi connectivity index (χ2v) is 6.80. The molecule has 1 N–H and O–H groups in total. The Hall–Kier alpha value is -1.51. The molecule has 23 heavy (non-hydrogen) atoms. The third-order valence-corrected chi connectivity index (χ3v) is 5.04. The van der Waals surface area contributed by atoms with Gasteiger partial charge in [-0.2, -0.15) is 0 Å². The summed E-state index contributed by atoms with van der Waals surface area (Å²) in [6, 6.07) is 0. The van der Waals surface area contributed by atoms with Crippen LogP contribution in [-0.4, -0.2) is 12.1 Å². The number of aryl methyl sites for hydroxylation is 1. The van der Waals surface area contributed by atoms with Gasteiger partial charge in [0.15, 0.2) is 5.75 Å². The Labute approximate surface area is 140 Å². The topological polar surface area (TPSA) is 42.1 Å². The molecule has 3 nitrogen and oxygen atoms in total. The predicted octanol–water partition coefficient (Wildman–Crippen LogP) is 5.33. The summed E-state index contributed by atoms with van der Waals surface area (Å²) in [5, 5.41) is 0. The second kappa shape index (κ2) is 8.37. The second-order valence-electron chi connectivity index (χ2n) is 6.80. The van der Waals surface area contributed by atoms with Crippen molar-refractivity contribution in [2.45, 2.75) is 77.6 Å². The van der Waals surface area contributed by atoms with Gasteiger partial charge in [-0.15, -0.1) is 0 Å². The first-order valence-electron chi connectivity index (χ1n) is 9.09. The molecule has 1 aliphatic carbocycles. The number of allylic oxidation sites excluding steroid dienone is 1. The van der Waals surface area contributed by atoms with Gasteiger partial charge < -0.3 is 9.72 Å². The summed E-state index contributed by atoms with van der Waals surface area (Å²) < 4.78 is 5.32. The van der Waals surface area contributed by atoms with E-state index in [2.05, 4.69) is 18.5 Å². The number of hydrogen-bond acceptors (Lipinski definition) is 2. The summed E-state index contributed by atoms with van der Waals surface area (Å²) in [5.74, 6) is 0.811. The predicted molar refractivity (Wildman–Crippen MR) is 97.4 cm³/mol. The van der Waals surface area contributed by atoms with Crippen LogP contribution in [0.3, 0.4) is 0 Å². The highest BCUT2D eigenvalue weighted by atomic mass is 16.5. The fourth-order valence-electron chi connectivity index (χ4n) is 3.71. The van der Waals surface area contributed by atoms with E-state index >= 15 is 0 Å². The van der Waals surface area contributed by atoms with Crippen LogP contribution >= 0.6 is 0 Å². The first kappa shape index (κ1) is 17.8. The molecule has 128 valence electrons. The number of rotatable bonds is 8. The van der Waals surface area contributed by atoms with Gasteiger partial charge in [0.1, 0.15) is 0 Å². The minimum Gasteiger partial charge on any atom is -0.491 e. The maximum Gasteiger partial charge on any atom is 0.227 e. The third-order valence-electron chi connectivity index (χ3n) is 5.04. The Morgan fingerprint density at radius 2 is 1.91 bits per heavy atom. The summed E-state index contributed by atoms with van der Waals surface area (Å²) in [7, 11) is 1.57. The number of nitrogens with one attached hydrogen (secondary N) is 1. The van der Waals surface area contributed by atoms with Crippen molar-refractivity contribution in [3.63, 3.8) is 0 Å². The number of hydrogen-bond donors (Lipinski definition) is 1. The van der Waals surface area contributed by atoms with E-state index in [1.54, 1.807) is 7.11 Å². The van der Waals surface area contributed by atoms with E-state index in [0.29, 0.717) is 11.7 Å². The molecule has 0 spiro atoms. The van der Waals surface area contributed by atoms with Crippen molar-refractivity contribution in [1.82, 2.24) is 4.98 Å². The normalized spacial score (nSPS) is 17.2. The van der Waals surface area contributed by atoms with E-state index in [-0.39, 0.29) is 5.43 Å².